The number of amides is 3. The average molecular weight is 506 g/mol. The van der Waals surface area contributed by atoms with Gasteiger partial charge in [-0.3, -0.25) is 19.3 Å². The highest BCUT2D eigenvalue weighted by atomic mass is 16.5. The Labute approximate surface area is 215 Å². The first-order valence-electron chi connectivity index (χ1n) is 12.4. The molecule has 1 aliphatic rings. The molecule has 2 aromatic carbocycles. The zero-order chi connectivity index (χ0) is 26.0. The number of rotatable bonds is 11. The summed E-state index contributed by atoms with van der Waals surface area (Å²) >= 11 is 0. The molecular weight excluding hydrogens is 474 g/mol. The second-order valence-corrected chi connectivity index (χ2v) is 8.54. The number of benzene rings is 2. The fourth-order valence-electron chi connectivity index (χ4n) is 4.21. The molecule has 9 nitrogen and oxygen atoms in total. The van der Waals surface area contributed by atoms with Crippen LogP contribution in [0.4, 0.5) is 5.69 Å². The Kier molecular flexibility index (Phi) is 8.93. The monoisotopic (exact) mass is 505 g/mol. The molecule has 2 atom stereocenters. The summed E-state index contributed by atoms with van der Waals surface area (Å²) < 4.78 is 16.3. The first-order chi connectivity index (χ1) is 18.1. The Bertz CT molecular complexity index is 1160. The fourth-order valence-corrected chi connectivity index (χ4v) is 4.21. The molecular formula is C28H31N3O6. The molecule has 2 unspecified atom stereocenters. The highest BCUT2D eigenvalue weighted by Gasteiger charge is 2.33. The predicted molar refractivity (Wildman–Crippen MR) is 137 cm³/mol. The SMILES string of the molecule is CCOc1ccc(N(C(=O)CNC(=O)c2ccco2)C(C(=O)NCC2CCCO2)c2ccccc2)cc1. The molecule has 1 aliphatic heterocycles. The molecule has 2 heterocycles. The smallest absolute Gasteiger partial charge is 0.287 e. The minimum Gasteiger partial charge on any atom is -0.494 e. The maximum Gasteiger partial charge on any atom is 0.287 e. The van der Waals surface area contributed by atoms with Gasteiger partial charge in [0, 0.05) is 18.8 Å². The van der Waals surface area contributed by atoms with Gasteiger partial charge in [0.25, 0.3) is 5.91 Å². The minimum absolute atomic E-state index is 0.0532. The lowest BCUT2D eigenvalue weighted by Crippen LogP contribution is -2.48. The van der Waals surface area contributed by atoms with Crippen molar-refractivity contribution in [2.24, 2.45) is 0 Å². The van der Waals surface area contributed by atoms with Crippen LogP contribution in [0.3, 0.4) is 0 Å². The van der Waals surface area contributed by atoms with E-state index in [9.17, 15) is 14.4 Å². The highest BCUT2D eigenvalue weighted by molar-refractivity contribution is 6.04. The van der Waals surface area contributed by atoms with Crippen LogP contribution >= 0.6 is 0 Å². The molecule has 0 aliphatic carbocycles. The van der Waals surface area contributed by atoms with E-state index in [1.165, 1.54) is 17.2 Å². The van der Waals surface area contributed by atoms with Crippen LogP contribution in [0.5, 0.6) is 5.75 Å². The third-order valence-electron chi connectivity index (χ3n) is 5.99. The van der Waals surface area contributed by atoms with Gasteiger partial charge in [0.1, 0.15) is 11.8 Å². The Morgan fingerprint density at radius 3 is 2.46 bits per heavy atom. The molecule has 0 radical (unpaired) electrons. The van der Waals surface area contributed by atoms with E-state index in [-0.39, 0.29) is 24.3 Å². The maximum atomic E-state index is 13.7. The molecule has 9 heteroatoms. The summed E-state index contributed by atoms with van der Waals surface area (Å²) in [4.78, 5) is 41.1. The first kappa shape index (κ1) is 26.0. The lowest BCUT2D eigenvalue weighted by atomic mass is 10.0. The zero-order valence-corrected chi connectivity index (χ0v) is 20.7. The third-order valence-corrected chi connectivity index (χ3v) is 5.99. The van der Waals surface area contributed by atoms with E-state index in [4.69, 9.17) is 13.9 Å². The van der Waals surface area contributed by atoms with Crippen molar-refractivity contribution < 1.29 is 28.3 Å². The molecule has 0 saturated carbocycles. The second-order valence-electron chi connectivity index (χ2n) is 8.54. The van der Waals surface area contributed by atoms with Gasteiger partial charge < -0.3 is 24.5 Å². The Morgan fingerprint density at radius 2 is 1.81 bits per heavy atom. The summed E-state index contributed by atoms with van der Waals surface area (Å²) in [5.41, 5.74) is 1.12. The number of carbonyl (C=O) groups is 3. The van der Waals surface area contributed by atoms with E-state index >= 15 is 0 Å². The first-order valence-corrected chi connectivity index (χ1v) is 12.4. The molecule has 4 rings (SSSR count). The van der Waals surface area contributed by atoms with Crippen LogP contribution in [0.1, 0.15) is 41.9 Å². The van der Waals surface area contributed by atoms with E-state index < -0.39 is 17.9 Å². The van der Waals surface area contributed by atoms with Gasteiger partial charge in [-0.1, -0.05) is 30.3 Å². The number of nitrogens with zero attached hydrogens (tertiary/aromatic N) is 1. The maximum absolute atomic E-state index is 13.7. The van der Waals surface area contributed by atoms with Gasteiger partial charge in [-0.25, -0.2) is 0 Å². The van der Waals surface area contributed by atoms with E-state index in [1.807, 2.05) is 25.1 Å². The van der Waals surface area contributed by atoms with Gasteiger partial charge in [0.2, 0.25) is 11.8 Å². The molecule has 3 aromatic rings. The molecule has 194 valence electrons. The van der Waals surface area contributed by atoms with Crippen molar-refractivity contribution in [3.63, 3.8) is 0 Å². The fraction of sp³-hybridized carbons (Fsp3) is 0.321. The second kappa shape index (κ2) is 12.7. The number of hydrogen-bond acceptors (Lipinski definition) is 6. The van der Waals surface area contributed by atoms with Crippen molar-refractivity contribution in [2.45, 2.75) is 31.9 Å². The van der Waals surface area contributed by atoms with Crippen LogP contribution in [0.2, 0.25) is 0 Å². The third kappa shape index (κ3) is 6.77. The molecule has 1 fully saturated rings. The Hall–Kier alpha value is -4.11. The van der Waals surface area contributed by atoms with Crippen molar-refractivity contribution in [3.8, 4) is 5.75 Å². The van der Waals surface area contributed by atoms with Gasteiger partial charge in [-0.05, 0) is 61.7 Å². The van der Waals surface area contributed by atoms with Crippen molar-refractivity contribution in [1.82, 2.24) is 10.6 Å². The molecule has 37 heavy (non-hydrogen) atoms. The van der Waals surface area contributed by atoms with Crippen LogP contribution in [0, 0.1) is 0 Å². The quantitative estimate of drug-likeness (QED) is 0.413. The van der Waals surface area contributed by atoms with E-state index in [0.717, 1.165) is 12.8 Å². The number of hydrogen-bond donors (Lipinski definition) is 2. The summed E-state index contributed by atoms with van der Waals surface area (Å²) in [7, 11) is 0. The van der Waals surface area contributed by atoms with Crippen LogP contribution in [-0.2, 0) is 14.3 Å². The summed E-state index contributed by atoms with van der Waals surface area (Å²) in [5.74, 6) is -0.603. The summed E-state index contributed by atoms with van der Waals surface area (Å²) in [5, 5.41) is 5.55. The van der Waals surface area contributed by atoms with Gasteiger partial charge in [0.05, 0.1) is 25.5 Å². The highest BCUT2D eigenvalue weighted by Crippen LogP contribution is 2.30. The minimum atomic E-state index is -0.978. The molecule has 0 bridgehead atoms. The van der Waals surface area contributed by atoms with Crippen LogP contribution < -0.4 is 20.3 Å². The van der Waals surface area contributed by atoms with Crippen molar-refractivity contribution >= 4 is 23.4 Å². The summed E-state index contributed by atoms with van der Waals surface area (Å²) in [6.07, 6.45) is 3.15. The van der Waals surface area contributed by atoms with E-state index in [1.54, 1.807) is 42.5 Å². The van der Waals surface area contributed by atoms with Gasteiger partial charge in [-0.2, -0.15) is 0 Å². The normalized spacial score (nSPS) is 15.5. The zero-order valence-electron chi connectivity index (χ0n) is 20.7. The Morgan fingerprint density at radius 1 is 1.03 bits per heavy atom. The van der Waals surface area contributed by atoms with E-state index in [2.05, 4.69) is 10.6 Å². The van der Waals surface area contributed by atoms with Crippen LogP contribution in [-0.4, -0.2) is 50.1 Å². The lowest BCUT2D eigenvalue weighted by molar-refractivity contribution is -0.126. The molecule has 0 spiro atoms. The van der Waals surface area contributed by atoms with Crippen LogP contribution in [0.25, 0.3) is 0 Å². The van der Waals surface area contributed by atoms with Crippen molar-refractivity contribution in [3.05, 3.63) is 84.3 Å². The van der Waals surface area contributed by atoms with Gasteiger partial charge >= 0.3 is 0 Å². The van der Waals surface area contributed by atoms with Crippen LogP contribution in [0.15, 0.2) is 77.4 Å². The van der Waals surface area contributed by atoms with E-state index in [0.29, 0.717) is 36.8 Å². The Balaban J connectivity index is 1.63. The van der Waals surface area contributed by atoms with Crippen molar-refractivity contribution in [1.29, 1.82) is 0 Å². The number of anilines is 1. The molecule has 1 saturated heterocycles. The standard InChI is InChI=1S/C28H31N3O6/c1-2-35-22-14-12-21(13-15-22)31(25(32)19-30-27(33)24-11-7-17-37-24)26(20-8-4-3-5-9-20)28(34)29-18-23-10-6-16-36-23/h3-5,7-9,11-15,17,23,26H,2,6,10,16,18-19H2,1H3,(H,29,34)(H,30,33). The molecule has 1 aromatic heterocycles. The lowest BCUT2D eigenvalue weighted by Gasteiger charge is -2.32. The molecule has 3 amide bonds. The number of carbonyl (C=O) groups excluding carboxylic acids is 3. The number of furan rings is 1. The summed E-state index contributed by atoms with van der Waals surface area (Å²) in [6.45, 7) is 3.07. The topological polar surface area (TPSA) is 110 Å². The van der Waals surface area contributed by atoms with Gasteiger partial charge in [0.15, 0.2) is 5.76 Å². The average Bonchev–Trinajstić information content (AvgIpc) is 3.65. The molecule has 2 N–H and O–H groups in total. The largest absolute Gasteiger partial charge is 0.494 e. The predicted octanol–water partition coefficient (Wildman–Crippen LogP) is 3.48. The number of nitrogens with one attached hydrogen (secondary N) is 2. The summed E-state index contributed by atoms with van der Waals surface area (Å²) in [6, 6.07) is 18.1. The van der Waals surface area contributed by atoms with Gasteiger partial charge in [-0.15, -0.1) is 0 Å². The van der Waals surface area contributed by atoms with Crippen molar-refractivity contribution in [2.75, 3.05) is 31.2 Å². The number of ether oxygens (including phenoxy) is 2.